The van der Waals surface area contributed by atoms with Gasteiger partial charge < -0.3 is 10.7 Å². The van der Waals surface area contributed by atoms with Gasteiger partial charge in [-0.2, -0.15) is 0 Å². The van der Waals surface area contributed by atoms with Gasteiger partial charge in [0.2, 0.25) is 0 Å². The fourth-order valence-electron chi connectivity index (χ4n) is 2.01. The lowest BCUT2D eigenvalue weighted by molar-refractivity contribution is 1.29. The molecule has 0 spiro atoms. The molecule has 3 rings (SSSR count). The molecule has 1 aromatic carbocycles. The molecule has 0 bridgehead atoms. The summed E-state index contributed by atoms with van der Waals surface area (Å²) < 4.78 is 0. The molecule has 2 aromatic heterocycles. The molecule has 102 valence electrons. The largest absolute Gasteiger partial charge is 0.354 e. The monoisotopic (exact) mass is 274 g/mol. The van der Waals surface area contributed by atoms with Crippen LogP contribution in [0.4, 0.5) is 11.4 Å². The molecule has 0 unspecified atom stereocenters. The zero-order valence-corrected chi connectivity index (χ0v) is 11.3. The molecule has 2 N–H and O–H groups in total. The Hall–Kier alpha value is -3.01. The summed E-state index contributed by atoms with van der Waals surface area (Å²) in [5.74, 6) is 0. The number of hydrogen-bond acceptors (Lipinski definition) is 4. The van der Waals surface area contributed by atoms with E-state index in [1.54, 1.807) is 18.5 Å². The van der Waals surface area contributed by atoms with Crippen LogP contribution in [0.15, 0.2) is 67.1 Å². The van der Waals surface area contributed by atoms with E-state index in [1.807, 2.05) is 36.5 Å². The van der Waals surface area contributed by atoms with E-state index in [-0.39, 0.29) is 0 Å². The zero-order chi connectivity index (χ0) is 14.5. The number of aromatic nitrogens is 2. The van der Waals surface area contributed by atoms with Crippen molar-refractivity contribution in [3.8, 4) is 11.1 Å². The van der Waals surface area contributed by atoms with Crippen LogP contribution in [0.3, 0.4) is 0 Å². The highest BCUT2D eigenvalue weighted by Gasteiger charge is 1.99. The van der Waals surface area contributed by atoms with E-state index in [0.717, 1.165) is 22.5 Å². The van der Waals surface area contributed by atoms with Crippen molar-refractivity contribution in [1.82, 2.24) is 9.97 Å². The van der Waals surface area contributed by atoms with Gasteiger partial charge in [0.1, 0.15) is 0 Å². The van der Waals surface area contributed by atoms with Gasteiger partial charge in [-0.05, 0) is 41.5 Å². The summed E-state index contributed by atoms with van der Waals surface area (Å²) in [5, 5.41) is 10.4. The Morgan fingerprint density at radius 1 is 0.857 bits per heavy atom. The maximum Gasteiger partial charge on any atom is 0.0806 e. The Kier molecular flexibility index (Phi) is 3.69. The highest BCUT2D eigenvalue weighted by Crippen LogP contribution is 2.22. The average molecular weight is 274 g/mol. The fourth-order valence-corrected chi connectivity index (χ4v) is 2.01. The van der Waals surface area contributed by atoms with E-state index in [9.17, 15) is 0 Å². The molecule has 0 aliphatic rings. The Bertz CT molecular complexity index is 719. The topological polar surface area (TPSA) is 61.7 Å². The third kappa shape index (κ3) is 3.12. The summed E-state index contributed by atoms with van der Waals surface area (Å²) in [5.41, 5.74) is 4.77. The maximum absolute atomic E-state index is 7.13. The number of pyridine rings is 2. The van der Waals surface area contributed by atoms with Crippen LogP contribution in [0.2, 0.25) is 0 Å². The van der Waals surface area contributed by atoms with Crippen LogP contribution in [-0.2, 0) is 0 Å². The molecule has 4 nitrogen and oxygen atoms in total. The summed E-state index contributed by atoms with van der Waals surface area (Å²) in [6.45, 7) is 0. The number of nitrogens with one attached hydrogen (secondary N) is 2. The fraction of sp³-hybridized carbons (Fsp3) is 0. The molecule has 0 atom stereocenters. The lowest BCUT2D eigenvalue weighted by Gasteiger charge is -2.07. The first-order chi connectivity index (χ1) is 10.3. The molecule has 0 amide bonds. The van der Waals surface area contributed by atoms with Crippen molar-refractivity contribution in [2.45, 2.75) is 0 Å². The Balaban J connectivity index is 1.76. The van der Waals surface area contributed by atoms with Crippen LogP contribution < -0.4 is 5.32 Å². The first-order valence-corrected chi connectivity index (χ1v) is 6.59. The van der Waals surface area contributed by atoms with Crippen LogP contribution in [-0.4, -0.2) is 16.2 Å². The maximum atomic E-state index is 7.13. The predicted molar refractivity (Wildman–Crippen MR) is 85.1 cm³/mol. The van der Waals surface area contributed by atoms with Gasteiger partial charge in [0.05, 0.1) is 17.6 Å². The highest BCUT2D eigenvalue weighted by atomic mass is 14.9. The van der Waals surface area contributed by atoms with E-state index >= 15 is 0 Å². The average Bonchev–Trinajstić information content (AvgIpc) is 2.57. The van der Waals surface area contributed by atoms with Gasteiger partial charge in [0.25, 0.3) is 0 Å². The van der Waals surface area contributed by atoms with Crippen LogP contribution in [0.5, 0.6) is 0 Å². The van der Waals surface area contributed by atoms with Gasteiger partial charge in [-0.1, -0.05) is 18.2 Å². The van der Waals surface area contributed by atoms with Gasteiger partial charge in [-0.25, -0.2) is 0 Å². The highest BCUT2D eigenvalue weighted by molar-refractivity contribution is 5.75. The third-order valence-corrected chi connectivity index (χ3v) is 3.10. The van der Waals surface area contributed by atoms with Crippen LogP contribution in [0.25, 0.3) is 11.1 Å². The molecule has 21 heavy (non-hydrogen) atoms. The Labute approximate surface area is 123 Å². The summed E-state index contributed by atoms with van der Waals surface area (Å²) in [4.78, 5) is 8.27. The second-order valence-electron chi connectivity index (χ2n) is 4.56. The molecule has 0 aliphatic carbocycles. The minimum atomic E-state index is 0.646. The van der Waals surface area contributed by atoms with Crippen molar-refractivity contribution < 1.29 is 0 Å². The first-order valence-electron chi connectivity index (χ1n) is 6.59. The lowest BCUT2D eigenvalue weighted by atomic mass is 10.1. The van der Waals surface area contributed by atoms with Gasteiger partial charge in [-0.3, -0.25) is 9.97 Å². The number of rotatable bonds is 4. The summed E-state index contributed by atoms with van der Waals surface area (Å²) in [6.07, 6.45) is 6.56. The Morgan fingerprint density at radius 2 is 1.67 bits per heavy atom. The van der Waals surface area contributed by atoms with Gasteiger partial charge in [0, 0.05) is 24.3 Å². The van der Waals surface area contributed by atoms with E-state index in [4.69, 9.17) is 5.41 Å². The molecule has 4 heteroatoms. The zero-order valence-electron chi connectivity index (χ0n) is 11.3. The summed E-state index contributed by atoms with van der Waals surface area (Å²) in [6, 6.07) is 15.8. The molecule has 0 fully saturated rings. The lowest BCUT2D eigenvalue weighted by Crippen LogP contribution is -1.93. The van der Waals surface area contributed by atoms with E-state index < -0.39 is 0 Å². The van der Waals surface area contributed by atoms with E-state index in [0.29, 0.717) is 5.69 Å². The van der Waals surface area contributed by atoms with Crippen molar-refractivity contribution in [1.29, 1.82) is 5.41 Å². The normalized spacial score (nSPS) is 10.1. The van der Waals surface area contributed by atoms with E-state index in [2.05, 4.69) is 27.4 Å². The van der Waals surface area contributed by atoms with E-state index in [1.165, 1.54) is 6.21 Å². The molecule has 0 radical (unpaired) electrons. The van der Waals surface area contributed by atoms with Crippen LogP contribution in [0.1, 0.15) is 5.69 Å². The van der Waals surface area contributed by atoms with Crippen molar-refractivity contribution in [3.05, 3.63) is 72.8 Å². The molecule has 0 aliphatic heterocycles. The molecular weight excluding hydrogens is 260 g/mol. The first kappa shape index (κ1) is 13.0. The third-order valence-electron chi connectivity index (χ3n) is 3.10. The second-order valence-corrected chi connectivity index (χ2v) is 4.56. The molecular formula is C17H14N4. The predicted octanol–water partition coefficient (Wildman–Crippen LogP) is 3.88. The standard InChI is InChI=1S/C17H14N4/c18-10-16-7-8-17(12-20-16)21-15-5-3-13(4-6-15)14-2-1-9-19-11-14/h1-12,18,21H. The SMILES string of the molecule is N=Cc1ccc(Nc2ccc(-c3cccnc3)cc2)cn1. The van der Waals surface area contributed by atoms with Crippen LogP contribution in [0, 0.1) is 5.41 Å². The number of anilines is 2. The Morgan fingerprint density at radius 3 is 2.29 bits per heavy atom. The molecule has 2 heterocycles. The summed E-state index contributed by atoms with van der Waals surface area (Å²) in [7, 11) is 0. The minimum Gasteiger partial charge on any atom is -0.354 e. The second kappa shape index (κ2) is 5.96. The van der Waals surface area contributed by atoms with Crippen molar-refractivity contribution in [3.63, 3.8) is 0 Å². The van der Waals surface area contributed by atoms with Crippen molar-refractivity contribution in [2.75, 3.05) is 5.32 Å². The van der Waals surface area contributed by atoms with Gasteiger partial charge in [-0.15, -0.1) is 0 Å². The minimum absolute atomic E-state index is 0.646. The molecule has 0 saturated carbocycles. The van der Waals surface area contributed by atoms with Gasteiger partial charge >= 0.3 is 0 Å². The van der Waals surface area contributed by atoms with Gasteiger partial charge in [0.15, 0.2) is 0 Å². The van der Waals surface area contributed by atoms with Crippen molar-refractivity contribution in [2.24, 2.45) is 0 Å². The number of benzene rings is 1. The number of nitrogens with zero attached hydrogens (tertiary/aromatic N) is 2. The number of hydrogen-bond donors (Lipinski definition) is 2. The smallest absolute Gasteiger partial charge is 0.0806 e. The molecule has 3 aromatic rings. The molecule has 0 saturated heterocycles. The summed E-state index contributed by atoms with van der Waals surface area (Å²) >= 11 is 0. The van der Waals surface area contributed by atoms with Crippen LogP contribution >= 0.6 is 0 Å². The quantitative estimate of drug-likeness (QED) is 0.710. The van der Waals surface area contributed by atoms with Crippen molar-refractivity contribution >= 4 is 17.6 Å².